The zero-order chi connectivity index (χ0) is 14.3. The Hall–Kier alpha value is -1.85. The molecule has 0 saturated carbocycles. The van der Waals surface area contributed by atoms with Crippen molar-refractivity contribution >= 4 is 5.96 Å². The molecular weight excluding hydrogens is 252 g/mol. The van der Waals surface area contributed by atoms with Crippen LogP contribution in [-0.4, -0.2) is 32.2 Å². The molecule has 0 amide bonds. The summed E-state index contributed by atoms with van der Waals surface area (Å²) in [5, 5.41) is 6.16. The van der Waals surface area contributed by atoms with E-state index in [0.29, 0.717) is 24.9 Å². The number of nitrogens with one attached hydrogen (secondary N) is 2. The molecule has 1 aromatic rings. The number of guanidine groups is 1. The topological polar surface area (TPSA) is 45.7 Å². The molecule has 1 aromatic carbocycles. The molecule has 4 nitrogen and oxygen atoms in total. The quantitative estimate of drug-likeness (QED) is 0.488. The highest BCUT2D eigenvalue weighted by molar-refractivity contribution is 5.79. The number of rotatable bonds is 5. The Balaban J connectivity index is 2.32. The third kappa shape index (κ3) is 5.54. The van der Waals surface area contributed by atoms with Gasteiger partial charge in [0.25, 0.3) is 0 Å². The zero-order valence-electron chi connectivity index (χ0n) is 11.3. The van der Waals surface area contributed by atoms with Crippen LogP contribution in [0.2, 0.25) is 0 Å². The number of hydrogen-bond acceptors (Lipinski definition) is 2. The zero-order valence-corrected chi connectivity index (χ0v) is 11.3. The molecule has 0 saturated heterocycles. The molecular formula is C13H19F2N3O. The maximum absolute atomic E-state index is 12.9. The predicted octanol–water partition coefficient (Wildman–Crippen LogP) is 1.92. The molecule has 19 heavy (non-hydrogen) atoms. The Bertz CT molecular complexity index is 436. The fourth-order valence-corrected chi connectivity index (χ4v) is 1.37. The first-order chi connectivity index (χ1) is 9.02. The second-order valence-electron chi connectivity index (χ2n) is 4.22. The van der Waals surface area contributed by atoms with Crippen molar-refractivity contribution < 1.29 is 13.5 Å². The highest BCUT2D eigenvalue weighted by Gasteiger charge is 2.03. The molecule has 106 valence electrons. The summed E-state index contributed by atoms with van der Waals surface area (Å²) >= 11 is 0. The largest absolute Gasteiger partial charge is 0.492 e. The maximum Gasteiger partial charge on any atom is 0.191 e. The van der Waals surface area contributed by atoms with E-state index in [2.05, 4.69) is 15.6 Å². The standard InChI is InChI=1S/C13H19F2N3O/c1-9(2)18-13(16-3)17-6-7-19-10-4-5-11(14)12(15)8-10/h4-5,8-9H,6-7H2,1-3H3,(H2,16,17,18). The van der Waals surface area contributed by atoms with E-state index in [1.165, 1.54) is 6.07 Å². The van der Waals surface area contributed by atoms with Gasteiger partial charge in [-0.3, -0.25) is 4.99 Å². The normalized spacial score (nSPS) is 11.6. The SMILES string of the molecule is CN=C(NCCOc1ccc(F)c(F)c1)NC(C)C. The average molecular weight is 271 g/mol. The van der Waals surface area contributed by atoms with Gasteiger partial charge in [0.05, 0.1) is 6.54 Å². The van der Waals surface area contributed by atoms with Crippen LogP contribution in [0.3, 0.4) is 0 Å². The van der Waals surface area contributed by atoms with Gasteiger partial charge in [-0.2, -0.15) is 0 Å². The minimum absolute atomic E-state index is 0.276. The summed E-state index contributed by atoms with van der Waals surface area (Å²) in [5.74, 6) is -0.828. The van der Waals surface area contributed by atoms with Gasteiger partial charge >= 0.3 is 0 Å². The Morgan fingerprint density at radius 1 is 1.32 bits per heavy atom. The lowest BCUT2D eigenvalue weighted by Gasteiger charge is -2.14. The molecule has 0 aliphatic rings. The van der Waals surface area contributed by atoms with Crippen LogP contribution in [0.25, 0.3) is 0 Å². The van der Waals surface area contributed by atoms with Crippen LogP contribution in [0, 0.1) is 11.6 Å². The molecule has 0 aliphatic heterocycles. The molecule has 0 spiro atoms. The summed E-state index contributed by atoms with van der Waals surface area (Å²) in [6.07, 6.45) is 0. The van der Waals surface area contributed by atoms with E-state index >= 15 is 0 Å². The van der Waals surface area contributed by atoms with Gasteiger partial charge in [0.1, 0.15) is 12.4 Å². The van der Waals surface area contributed by atoms with E-state index in [9.17, 15) is 8.78 Å². The molecule has 0 aliphatic carbocycles. The molecule has 0 heterocycles. The second-order valence-corrected chi connectivity index (χ2v) is 4.22. The van der Waals surface area contributed by atoms with Gasteiger partial charge in [-0.1, -0.05) is 0 Å². The molecule has 0 radical (unpaired) electrons. The molecule has 0 bridgehead atoms. The Labute approximate surface area is 111 Å². The fourth-order valence-electron chi connectivity index (χ4n) is 1.37. The Morgan fingerprint density at radius 2 is 2.05 bits per heavy atom. The summed E-state index contributed by atoms with van der Waals surface area (Å²) in [6, 6.07) is 3.73. The number of ether oxygens (including phenoxy) is 1. The minimum Gasteiger partial charge on any atom is -0.492 e. The number of aliphatic imine (C=N–C) groups is 1. The lowest BCUT2D eigenvalue weighted by atomic mass is 10.3. The molecule has 1 rings (SSSR count). The van der Waals surface area contributed by atoms with Gasteiger partial charge in [-0.15, -0.1) is 0 Å². The first kappa shape index (κ1) is 15.2. The van der Waals surface area contributed by atoms with Crippen molar-refractivity contribution in [1.29, 1.82) is 0 Å². The predicted molar refractivity (Wildman–Crippen MR) is 71.5 cm³/mol. The van der Waals surface area contributed by atoms with Gasteiger partial charge in [-0.05, 0) is 26.0 Å². The Morgan fingerprint density at radius 3 is 2.63 bits per heavy atom. The van der Waals surface area contributed by atoms with Crippen molar-refractivity contribution in [2.24, 2.45) is 4.99 Å². The number of benzene rings is 1. The van der Waals surface area contributed by atoms with Crippen LogP contribution >= 0.6 is 0 Å². The van der Waals surface area contributed by atoms with Crippen molar-refractivity contribution in [3.05, 3.63) is 29.8 Å². The van der Waals surface area contributed by atoms with Crippen LogP contribution in [0.5, 0.6) is 5.75 Å². The van der Waals surface area contributed by atoms with Crippen LogP contribution in [0.4, 0.5) is 8.78 Å². The van der Waals surface area contributed by atoms with E-state index < -0.39 is 11.6 Å². The average Bonchev–Trinajstić information content (AvgIpc) is 2.36. The first-order valence-corrected chi connectivity index (χ1v) is 6.08. The van der Waals surface area contributed by atoms with E-state index in [4.69, 9.17) is 4.74 Å². The molecule has 0 fully saturated rings. The lowest BCUT2D eigenvalue weighted by molar-refractivity contribution is 0.318. The van der Waals surface area contributed by atoms with Crippen LogP contribution in [0.15, 0.2) is 23.2 Å². The summed E-state index contributed by atoms with van der Waals surface area (Å²) in [5.41, 5.74) is 0. The van der Waals surface area contributed by atoms with Gasteiger partial charge in [0.2, 0.25) is 0 Å². The highest BCUT2D eigenvalue weighted by atomic mass is 19.2. The molecule has 0 atom stereocenters. The minimum atomic E-state index is -0.914. The molecule has 0 aromatic heterocycles. The third-order valence-corrected chi connectivity index (χ3v) is 2.20. The summed E-state index contributed by atoms with van der Waals surface area (Å²) < 4.78 is 30.9. The van der Waals surface area contributed by atoms with E-state index in [1.807, 2.05) is 13.8 Å². The number of hydrogen-bond donors (Lipinski definition) is 2. The highest BCUT2D eigenvalue weighted by Crippen LogP contribution is 2.14. The summed E-state index contributed by atoms with van der Waals surface area (Å²) in [7, 11) is 1.67. The van der Waals surface area contributed by atoms with Gasteiger partial charge < -0.3 is 15.4 Å². The third-order valence-electron chi connectivity index (χ3n) is 2.20. The van der Waals surface area contributed by atoms with Crippen LogP contribution in [-0.2, 0) is 0 Å². The van der Waals surface area contributed by atoms with E-state index in [1.54, 1.807) is 7.05 Å². The fraction of sp³-hybridized carbons (Fsp3) is 0.462. The Kier molecular flexibility index (Phi) is 6.05. The van der Waals surface area contributed by atoms with Crippen LogP contribution < -0.4 is 15.4 Å². The first-order valence-electron chi connectivity index (χ1n) is 6.08. The molecule has 0 unspecified atom stereocenters. The van der Waals surface area contributed by atoms with Gasteiger partial charge in [0, 0.05) is 19.2 Å². The second kappa shape index (κ2) is 7.56. The molecule has 2 N–H and O–H groups in total. The molecule has 6 heteroatoms. The monoisotopic (exact) mass is 271 g/mol. The van der Waals surface area contributed by atoms with Crippen molar-refractivity contribution in [2.45, 2.75) is 19.9 Å². The van der Waals surface area contributed by atoms with Crippen molar-refractivity contribution in [3.63, 3.8) is 0 Å². The number of nitrogens with zero attached hydrogens (tertiary/aromatic N) is 1. The van der Waals surface area contributed by atoms with Crippen LogP contribution in [0.1, 0.15) is 13.8 Å². The maximum atomic E-state index is 12.9. The van der Waals surface area contributed by atoms with Gasteiger partial charge in [0.15, 0.2) is 17.6 Å². The van der Waals surface area contributed by atoms with Crippen molar-refractivity contribution in [3.8, 4) is 5.75 Å². The lowest BCUT2D eigenvalue weighted by Crippen LogP contribution is -2.42. The van der Waals surface area contributed by atoms with E-state index in [-0.39, 0.29) is 6.04 Å². The van der Waals surface area contributed by atoms with E-state index in [0.717, 1.165) is 12.1 Å². The summed E-state index contributed by atoms with van der Waals surface area (Å²) in [4.78, 5) is 4.03. The van der Waals surface area contributed by atoms with Crippen molar-refractivity contribution in [1.82, 2.24) is 10.6 Å². The van der Waals surface area contributed by atoms with Crippen molar-refractivity contribution in [2.75, 3.05) is 20.2 Å². The smallest absolute Gasteiger partial charge is 0.191 e. The summed E-state index contributed by atoms with van der Waals surface area (Å²) in [6.45, 7) is 4.84. The van der Waals surface area contributed by atoms with Gasteiger partial charge in [-0.25, -0.2) is 8.78 Å². The number of halogens is 2.